The summed E-state index contributed by atoms with van der Waals surface area (Å²) in [6, 6.07) is 1.15. The first-order chi connectivity index (χ1) is 10.7. The van der Waals surface area contributed by atoms with Crippen molar-refractivity contribution in [3.63, 3.8) is 0 Å². The maximum atomic E-state index is 13.9. The molecule has 1 aromatic carbocycles. The van der Waals surface area contributed by atoms with Crippen molar-refractivity contribution in [1.29, 1.82) is 0 Å². The van der Waals surface area contributed by atoms with Gasteiger partial charge in [-0.25, -0.2) is 9.18 Å². The Bertz CT molecular complexity index is 734. The summed E-state index contributed by atoms with van der Waals surface area (Å²) in [5.74, 6) is -4.28. The molecule has 24 heavy (non-hydrogen) atoms. The Morgan fingerprint density at radius 2 is 1.67 bits per heavy atom. The minimum Gasteiger partial charge on any atom is -0.492 e. The lowest BCUT2D eigenvalue weighted by Gasteiger charge is -2.21. The van der Waals surface area contributed by atoms with E-state index >= 15 is 0 Å². The lowest BCUT2D eigenvalue weighted by atomic mass is 10.1. The van der Waals surface area contributed by atoms with E-state index in [9.17, 15) is 30.8 Å². The minimum absolute atomic E-state index is 0.559. The Morgan fingerprint density at radius 1 is 1.12 bits per heavy atom. The van der Waals surface area contributed by atoms with Crippen molar-refractivity contribution in [1.82, 2.24) is 0 Å². The highest BCUT2D eigenvalue weighted by Crippen LogP contribution is 2.37. The summed E-state index contributed by atoms with van der Waals surface area (Å²) in [7, 11) is -5.13. The molecule has 1 aromatic rings. The van der Waals surface area contributed by atoms with Crippen LogP contribution in [0.25, 0.3) is 0 Å². The van der Waals surface area contributed by atoms with Gasteiger partial charge in [0.25, 0.3) is 0 Å². The molecule has 0 fully saturated rings. The average Bonchev–Trinajstić information content (AvgIpc) is 2.36. The molecule has 0 aliphatic rings. The third-order valence-electron chi connectivity index (χ3n) is 2.36. The predicted molar refractivity (Wildman–Crippen MR) is 73.7 cm³/mol. The SMILES string of the molecule is COc1c(OS(=O)(=O)C(F)(F)F)ccc(F)c1C(=O)OC(C)(C)C. The Morgan fingerprint density at radius 3 is 2.08 bits per heavy atom. The number of halogens is 4. The number of hydrogen-bond acceptors (Lipinski definition) is 6. The fourth-order valence-electron chi connectivity index (χ4n) is 1.49. The van der Waals surface area contributed by atoms with E-state index in [-0.39, 0.29) is 0 Å². The molecule has 0 unspecified atom stereocenters. The van der Waals surface area contributed by atoms with Crippen LogP contribution in [0.15, 0.2) is 12.1 Å². The largest absolute Gasteiger partial charge is 0.534 e. The lowest BCUT2D eigenvalue weighted by Crippen LogP contribution is -2.28. The fourth-order valence-corrected chi connectivity index (χ4v) is 1.95. The molecule has 0 amide bonds. The Kier molecular flexibility index (Phi) is 5.38. The third kappa shape index (κ3) is 4.49. The number of alkyl halides is 3. The van der Waals surface area contributed by atoms with Gasteiger partial charge in [-0.15, -0.1) is 0 Å². The Hall–Kier alpha value is -2.04. The summed E-state index contributed by atoms with van der Waals surface area (Å²) < 4.78 is 86.7. The molecule has 0 spiro atoms. The highest BCUT2D eigenvalue weighted by atomic mass is 32.2. The Balaban J connectivity index is 3.42. The molecular weight excluding hydrogens is 360 g/mol. The molecule has 0 radical (unpaired) electrons. The quantitative estimate of drug-likeness (QED) is 0.349. The predicted octanol–water partition coefficient (Wildman–Crippen LogP) is 3.02. The molecule has 0 saturated carbocycles. The van der Waals surface area contributed by atoms with Crippen molar-refractivity contribution in [2.24, 2.45) is 0 Å². The van der Waals surface area contributed by atoms with E-state index in [0.29, 0.717) is 12.1 Å². The second kappa shape index (κ2) is 6.46. The zero-order chi connectivity index (χ0) is 18.9. The normalized spacial score (nSPS) is 12.7. The standard InChI is InChI=1S/C13H14F4O6S/c1-12(2,3)22-11(18)9-7(14)5-6-8(10(9)21-4)23-24(19,20)13(15,16)17/h5-6H,1-4H3. The zero-order valence-corrected chi connectivity index (χ0v) is 13.8. The summed E-state index contributed by atoms with van der Waals surface area (Å²) in [6.07, 6.45) is 0. The average molecular weight is 374 g/mol. The van der Waals surface area contributed by atoms with Crippen molar-refractivity contribution in [3.8, 4) is 11.5 Å². The van der Waals surface area contributed by atoms with Crippen LogP contribution in [0, 0.1) is 5.82 Å². The van der Waals surface area contributed by atoms with E-state index in [1.54, 1.807) is 0 Å². The van der Waals surface area contributed by atoms with Crippen LogP contribution in [0.4, 0.5) is 17.6 Å². The molecule has 0 saturated heterocycles. The summed E-state index contributed by atoms with van der Waals surface area (Å²) in [5.41, 5.74) is -7.63. The van der Waals surface area contributed by atoms with Crippen molar-refractivity contribution in [2.45, 2.75) is 31.9 Å². The molecule has 1 rings (SSSR count). The van der Waals surface area contributed by atoms with Gasteiger partial charge in [-0.05, 0) is 32.9 Å². The van der Waals surface area contributed by atoms with Crippen molar-refractivity contribution < 1.29 is 44.4 Å². The highest BCUT2D eigenvalue weighted by Gasteiger charge is 2.49. The van der Waals surface area contributed by atoms with Gasteiger partial charge < -0.3 is 13.7 Å². The molecule has 0 aromatic heterocycles. The van der Waals surface area contributed by atoms with Gasteiger partial charge >= 0.3 is 21.6 Å². The Labute approximate surface area is 135 Å². The lowest BCUT2D eigenvalue weighted by molar-refractivity contribution is -0.0500. The molecule has 11 heteroatoms. The van der Waals surface area contributed by atoms with E-state index in [4.69, 9.17) is 4.74 Å². The van der Waals surface area contributed by atoms with Gasteiger partial charge in [0.2, 0.25) is 0 Å². The van der Waals surface area contributed by atoms with Crippen LogP contribution in [0.5, 0.6) is 11.5 Å². The van der Waals surface area contributed by atoms with Gasteiger partial charge in [-0.3, -0.25) is 0 Å². The third-order valence-corrected chi connectivity index (χ3v) is 3.33. The molecule has 0 N–H and O–H groups in total. The second-order valence-electron chi connectivity index (χ2n) is 5.44. The molecule has 6 nitrogen and oxygen atoms in total. The van der Waals surface area contributed by atoms with Gasteiger partial charge in [0, 0.05) is 0 Å². The van der Waals surface area contributed by atoms with Crippen LogP contribution >= 0.6 is 0 Å². The summed E-state index contributed by atoms with van der Waals surface area (Å²) in [5, 5.41) is 0. The molecule has 136 valence electrons. The summed E-state index contributed by atoms with van der Waals surface area (Å²) in [4.78, 5) is 12.0. The summed E-state index contributed by atoms with van der Waals surface area (Å²) in [6.45, 7) is 4.43. The van der Waals surface area contributed by atoms with Crippen LogP contribution in [0.1, 0.15) is 31.1 Å². The highest BCUT2D eigenvalue weighted by molar-refractivity contribution is 7.88. The smallest absolute Gasteiger partial charge is 0.492 e. The van der Waals surface area contributed by atoms with Gasteiger partial charge in [-0.2, -0.15) is 21.6 Å². The minimum atomic E-state index is -6.03. The van der Waals surface area contributed by atoms with Crippen LogP contribution in [-0.4, -0.2) is 32.6 Å². The molecule has 0 aliphatic carbocycles. The van der Waals surface area contributed by atoms with Crippen molar-refractivity contribution in [3.05, 3.63) is 23.5 Å². The second-order valence-corrected chi connectivity index (χ2v) is 6.98. The van der Waals surface area contributed by atoms with Crippen molar-refractivity contribution >= 4 is 16.1 Å². The maximum Gasteiger partial charge on any atom is 0.534 e. The number of carbonyl (C=O) groups is 1. The maximum absolute atomic E-state index is 13.9. The molecule has 0 heterocycles. The summed E-state index contributed by atoms with van der Waals surface area (Å²) >= 11 is 0. The zero-order valence-electron chi connectivity index (χ0n) is 13.0. The van der Waals surface area contributed by atoms with Gasteiger partial charge in [0.15, 0.2) is 11.5 Å². The molecular formula is C13H14F4O6S. The van der Waals surface area contributed by atoms with Crippen LogP contribution in [0.3, 0.4) is 0 Å². The van der Waals surface area contributed by atoms with E-state index in [2.05, 4.69) is 8.92 Å². The molecule has 0 bridgehead atoms. The van der Waals surface area contributed by atoms with E-state index in [0.717, 1.165) is 7.11 Å². The monoisotopic (exact) mass is 374 g/mol. The first-order valence-corrected chi connectivity index (χ1v) is 7.71. The first kappa shape index (κ1) is 20.0. The number of hydrogen-bond donors (Lipinski definition) is 0. The number of benzene rings is 1. The number of methoxy groups -OCH3 is 1. The fraction of sp³-hybridized carbons (Fsp3) is 0.462. The first-order valence-electron chi connectivity index (χ1n) is 6.30. The van der Waals surface area contributed by atoms with Gasteiger partial charge in [0.05, 0.1) is 7.11 Å². The van der Waals surface area contributed by atoms with Gasteiger partial charge in [-0.1, -0.05) is 0 Å². The number of carbonyl (C=O) groups excluding carboxylic acids is 1. The van der Waals surface area contributed by atoms with E-state index in [1.165, 1.54) is 20.8 Å². The molecule has 0 aliphatic heterocycles. The number of esters is 1. The van der Waals surface area contributed by atoms with E-state index < -0.39 is 50.1 Å². The number of ether oxygens (including phenoxy) is 2. The van der Waals surface area contributed by atoms with Crippen molar-refractivity contribution in [2.75, 3.05) is 7.11 Å². The van der Waals surface area contributed by atoms with E-state index in [1.807, 2.05) is 0 Å². The topological polar surface area (TPSA) is 78.9 Å². The van der Waals surface area contributed by atoms with Crippen LogP contribution < -0.4 is 8.92 Å². The van der Waals surface area contributed by atoms with Crippen LogP contribution in [-0.2, 0) is 14.9 Å². The molecule has 0 atom stereocenters. The van der Waals surface area contributed by atoms with Crippen LogP contribution in [0.2, 0.25) is 0 Å². The number of rotatable bonds is 4. The van der Waals surface area contributed by atoms with Gasteiger partial charge in [0.1, 0.15) is 17.0 Å².